The largest absolute Gasteiger partial charge is 0.444 e. The normalized spacial score (nSPS) is 12.1. The van der Waals surface area contributed by atoms with Gasteiger partial charge in [0.1, 0.15) is 10.5 Å². The lowest BCUT2D eigenvalue weighted by molar-refractivity contribution is -0.134. The Morgan fingerprint density at radius 3 is 2.50 bits per heavy atom. The third-order valence-corrected chi connectivity index (χ3v) is 2.85. The van der Waals surface area contributed by atoms with Crippen molar-refractivity contribution in [1.29, 1.82) is 0 Å². The van der Waals surface area contributed by atoms with Gasteiger partial charge in [-0.15, -0.1) is 0 Å². The molecule has 0 aliphatic rings. The molecule has 0 bridgehead atoms. The van der Waals surface area contributed by atoms with Crippen LogP contribution in [0.3, 0.4) is 0 Å². The summed E-state index contributed by atoms with van der Waals surface area (Å²) in [6, 6.07) is 0. The first-order chi connectivity index (χ1) is 9.08. The fourth-order valence-electron chi connectivity index (χ4n) is 1.14. The first-order valence-electron chi connectivity index (χ1n) is 5.82. The molecule has 0 aliphatic heterocycles. The molecule has 0 radical (unpaired) electrons. The van der Waals surface area contributed by atoms with E-state index in [0.29, 0.717) is 11.3 Å². The van der Waals surface area contributed by atoms with Gasteiger partial charge in [-0.25, -0.2) is 9.78 Å². The number of rotatable bonds is 4. The van der Waals surface area contributed by atoms with Gasteiger partial charge in [-0.05, 0) is 20.8 Å². The molecule has 2 N–H and O–H groups in total. The van der Waals surface area contributed by atoms with E-state index in [1.807, 2.05) is 0 Å². The van der Waals surface area contributed by atoms with Crippen molar-refractivity contribution in [3.8, 4) is 0 Å². The van der Waals surface area contributed by atoms with Crippen molar-refractivity contribution >= 4 is 22.6 Å². The number of carbonyl (C=O) groups excluding carboxylic acids is 1. The predicted octanol–water partition coefficient (Wildman–Crippen LogP) is 3.10. The van der Waals surface area contributed by atoms with Crippen molar-refractivity contribution in [2.24, 2.45) is 0 Å². The van der Waals surface area contributed by atoms with E-state index < -0.39 is 22.7 Å². The highest BCUT2D eigenvalue weighted by atomic mass is 32.1. The zero-order valence-electron chi connectivity index (χ0n) is 11.3. The number of hydrogen-bond donors (Lipinski definition) is 2. The summed E-state index contributed by atoms with van der Waals surface area (Å²) in [7, 11) is 0. The van der Waals surface area contributed by atoms with Gasteiger partial charge in [0.2, 0.25) is 0 Å². The maximum Gasteiger partial charge on any atom is 0.427 e. The van der Waals surface area contributed by atoms with Crippen LogP contribution in [0.4, 0.5) is 23.1 Å². The second kappa shape index (κ2) is 6.29. The fraction of sp³-hybridized carbons (Fsp3) is 0.636. The molecule has 1 heterocycles. The third kappa shape index (κ3) is 6.09. The zero-order chi connectivity index (χ0) is 15.4. The van der Waals surface area contributed by atoms with Gasteiger partial charge in [-0.3, -0.25) is 0 Å². The number of nitrogens with zero attached hydrogens (tertiary/aromatic N) is 1. The zero-order valence-corrected chi connectivity index (χ0v) is 12.1. The van der Waals surface area contributed by atoms with Gasteiger partial charge >= 0.3 is 12.3 Å². The molecular weight excluding hydrogens is 295 g/mol. The number of alkyl carbamates (subject to hydrolysis) is 1. The van der Waals surface area contributed by atoms with Crippen LogP contribution in [0.5, 0.6) is 0 Å². The van der Waals surface area contributed by atoms with Gasteiger partial charge in [-0.2, -0.15) is 13.2 Å². The lowest BCUT2D eigenvalue weighted by Crippen LogP contribution is -2.34. The number of thiazole rings is 1. The third-order valence-electron chi connectivity index (χ3n) is 1.85. The lowest BCUT2D eigenvalue weighted by Gasteiger charge is -2.19. The van der Waals surface area contributed by atoms with Gasteiger partial charge in [0.15, 0.2) is 5.13 Å². The fourth-order valence-corrected chi connectivity index (χ4v) is 1.84. The van der Waals surface area contributed by atoms with Crippen molar-refractivity contribution in [2.75, 3.05) is 18.4 Å². The van der Waals surface area contributed by atoms with E-state index in [-0.39, 0.29) is 18.2 Å². The molecule has 0 aliphatic carbocycles. The Morgan fingerprint density at radius 1 is 1.35 bits per heavy atom. The Balaban J connectivity index is 2.28. The van der Waals surface area contributed by atoms with Crippen LogP contribution in [0.1, 0.15) is 25.6 Å². The number of alkyl halides is 3. The number of carbonyl (C=O) groups is 1. The van der Waals surface area contributed by atoms with E-state index in [1.165, 1.54) is 0 Å². The highest BCUT2D eigenvalue weighted by molar-refractivity contribution is 7.15. The van der Waals surface area contributed by atoms with E-state index in [1.54, 1.807) is 20.8 Å². The number of anilines is 1. The Labute approximate surface area is 118 Å². The van der Waals surface area contributed by atoms with Crippen LogP contribution in [-0.4, -0.2) is 29.8 Å². The van der Waals surface area contributed by atoms with Crippen LogP contribution in [0.25, 0.3) is 0 Å². The molecule has 1 aromatic heterocycles. The van der Waals surface area contributed by atoms with E-state index in [0.717, 1.165) is 6.20 Å². The van der Waals surface area contributed by atoms with E-state index in [9.17, 15) is 18.0 Å². The van der Waals surface area contributed by atoms with Crippen LogP contribution in [0.15, 0.2) is 6.20 Å². The maximum atomic E-state index is 12.3. The quantitative estimate of drug-likeness (QED) is 0.839. The van der Waals surface area contributed by atoms with Crippen molar-refractivity contribution < 1.29 is 22.7 Å². The highest BCUT2D eigenvalue weighted by Gasteiger charge is 2.33. The number of ether oxygens (including phenoxy) is 1. The van der Waals surface area contributed by atoms with Crippen molar-refractivity contribution in [2.45, 2.75) is 32.5 Å². The molecule has 114 valence electrons. The maximum absolute atomic E-state index is 12.3. The molecule has 20 heavy (non-hydrogen) atoms. The summed E-state index contributed by atoms with van der Waals surface area (Å²) in [5.41, 5.74) is -0.589. The van der Waals surface area contributed by atoms with Crippen LogP contribution in [0.2, 0.25) is 0 Å². The molecule has 0 saturated heterocycles. The highest BCUT2D eigenvalue weighted by Crippen LogP contribution is 2.34. The molecule has 0 spiro atoms. The molecule has 0 atom stereocenters. The molecule has 9 heteroatoms. The summed E-state index contributed by atoms with van der Waals surface area (Å²) in [6.07, 6.45) is -4.19. The van der Waals surface area contributed by atoms with Crippen LogP contribution in [0, 0.1) is 0 Å². The van der Waals surface area contributed by atoms with Gasteiger partial charge in [0, 0.05) is 13.1 Å². The molecule has 1 amide bonds. The summed E-state index contributed by atoms with van der Waals surface area (Å²) in [5.74, 6) is 0. The summed E-state index contributed by atoms with van der Waals surface area (Å²) in [5, 5.41) is 5.33. The first kappa shape index (κ1) is 16.5. The molecule has 0 saturated carbocycles. The Kier molecular flexibility index (Phi) is 5.21. The van der Waals surface area contributed by atoms with Gasteiger partial charge in [-0.1, -0.05) is 11.3 Å². The minimum atomic E-state index is -4.38. The average Bonchev–Trinajstić information content (AvgIpc) is 2.70. The van der Waals surface area contributed by atoms with Crippen LogP contribution >= 0.6 is 11.3 Å². The Bertz CT molecular complexity index is 455. The molecule has 1 aromatic rings. The molecule has 0 unspecified atom stereocenters. The van der Waals surface area contributed by atoms with Crippen molar-refractivity contribution in [1.82, 2.24) is 10.3 Å². The first-order valence-corrected chi connectivity index (χ1v) is 6.63. The second-order valence-corrected chi connectivity index (χ2v) is 5.91. The van der Waals surface area contributed by atoms with E-state index >= 15 is 0 Å². The number of halogens is 3. The summed E-state index contributed by atoms with van der Waals surface area (Å²) in [4.78, 5) is 14.1. The summed E-state index contributed by atoms with van der Waals surface area (Å²) < 4.78 is 42.0. The van der Waals surface area contributed by atoms with E-state index in [4.69, 9.17) is 4.74 Å². The monoisotopic (exact) mass is 311 g/mol. The molecular formula is C11H16F3N3O2S. The van der Waals surface area contributed by atoms with Crippen LogP contribution < -0.4 is 10.6 Å². The smallest absolute Gasteiger partial charge is 0.427 e. The topological polar surface area (TPSA) is 63.2 Å². The molecule has 5 nitrogen and oxygen atoms in total. The molecule has 0 fully saturated rings. The van der Waals surface area contributed by atoms with Crippen molar-refractivity contribution in [3.63, 3.8) is 0 Å². The van der Waals surface area contributed by atoms with Gasteiger partial charge < -0.3 is 15.4 Å². The second-order valence-electron chi connectivity index (χ2n) is 4.88. The van der Waals surface area contributed by atoms with Gasteiger partial charge in [0.25, 0.3) is 0 Å². The Hall–Kier alpha value is -1.51. The average molecular weight is 311 g/mol. The lowest BCUT2D eigenvalue weighted by atomic mass is 10.2. The van der Waals surface area contributed by atoms with Gasteiger partial charge in [0.05, 0.1) is 6.20 Å². The Morgan fingerprint density at radius 2 is 2.00 bits per heavy atom. The molecule has 0 aromatic carbocycles. The summed E-state index contributed by atoms with van der Waals surface area (Å²) in [6.45, 7) is 5.68. The van der Waals surface area contributed by atoms with E-state index in [2.05, 4.69) is 15.6 Å². The SMILES string of the molecule is CC(C)(C)OC(=O)NCCNc1ncc(C(F)(F)F)s1. The van der Waals surface area contributed by atoms with Crippen LogP contribution in [-0.2, 0) is 10.9 Å². The standard InChI is InChI=1S/C11H16F3N3O2S/c1-10(2,3)19-9(18)16-5-4-15-8-17-6-7(20-8)11(12,13)14/h6H,4-5H2,1-3H3,(H,15,17)(H,16,18). The number of aromatic nitrogens is 1. The molecule has 1 rings (SSSR count). The predicted molar refractivity (Wildman–Crippen MR) is 69.8 cm³/mol. The minimum absolute atomic E-state index is 0.156. The number of amides is 1. The number of nitrogens with one attached hydrogen (secondary N) is 2. The summed E-state index contributed by atoms with van der Waals surface area (Å²) >= 11 is 0.517. The number of hydrogen-bond acceptors (Lipinski definition) is 5. The minimum Gasteiger partial charge on any atom is -0.444 e. The van der Waals surface area contributed by atoms with Crippen molar-refractivity contribution in [3.05, 3.63) is 11.1 Å².